The van der Waals surface area contributed by atoms with Crippen LogP contribution in [0.2, 0.25) is 5.02 Å². The molecule has 1 heterocycles. The number of rotatable bonds is 7. The van der Waals surface area contributed by atoms with Gasteiger partial charge >= 0.3 is 0 Å². The molecule has 0 saturated heterocycles. The summed E-state index contributed by atoms with van der Waals surface area (Å²) in [4.78, 5) is 16.0. The average Bonchev–Trinajstić information content (AvgIpc) is 3.16. The molecule has 0 bridgehead atoms. The maximum atomic E-state index is 12.4. The highest BCUT2D eigenvalue weighted by Gasteiger charge is 2.14. The zero-order valence-electron chi connectivity index (χ0n) is 14.2. The first-order valence-corrected chi connectivity index (χ1v) is 9.92. The highest BCUT2D eigenvalue weighted by Crippen LogP contribution is 2.20. The van der Waals surface area contributed by atoms with Gasteiger partial charge in [0.2, 0.25) is 5.91 Å². The van der Waals surface area contributed by atoms with Gasteiger partial charge in [0.1, 0.15) is 0 Å². The van der Waals surface area contributed by atoms with Crippen LogP contribution < -0.4 is 10.0 Å². The number of aryl methyl sites for hydroxylation is 1. The molecule has 3 aromatic rings. The van der Waals surface area contributed by atoms with E-state index in [1.165, 1.54) is 12.1 Å². The lowest BCUT2D eigenvalue weighted by atomic mass is 10.3. The van der Waals surface area contributed by atoms with Gasteiger partial charge in [0.15, 0.2) is 0 Å². The molecule has 27 heavy (non-hydrogen) atoms. The molecule has 1 aromatic heterocycles. The number of hydrogen-bond donors (Lipinski definition) is 2. The number of carbonyl (C=O) groups excluding carboxylic acids is 1. The van der Waals surface area contributed by atoms with Crippen LogP contribution >= 0.6 is 11.6 Å². The average molecular weight is 405 g/mol. The van der Waals surface area contributed by atoms with Crippen molar-refractivity contribution in [3.8, 4) is 0 Å². The summed E-state index contributed by atoms with van der Waals surface area (Å²) in [5.41, 5.74) is 0.937. The zero-order chi connectivity index (χ0) is 19.3. The lowest BCUT2D eigenvalue weighted by Gasteiger charge is -2.10. The van der Waals surface area contributed by atoms with E-state index in [2.05, 4.69) is 15.0 Å². The van der Waals surface area contributed by atoms with E-state index in [1.54, 1.807) is 59.7 Å². The number of carbonyl (C=O) groups is 1. The highest BCUT2D eigenvalue weighted by molar-refractivity contribution is 7.92. The molecule has 3 rings (SSSR count). The van der Waals surface area contributed by atoms with Crippen molar-refractivity contribution in [2.24, 2.45) is 0 Å². The van der Waals surface area contributed by atoms with Crippen LogP contribution in [0.3, 0.4) is 0 Å². The molecule has 140 valence electrons. The number of amides is 1. The molecule has 2 N–H and O–H groups in total. The first-order chi connectivity index (χ1) is 12.9. The van der Waals surface area contributed by atoms with Crippen molar-refractivity contribution in [1.29, 1.82) is 0 Å². The Morgan fingerprint density at radius 2 is 1.70 bits per heavy atom. The van der Waals surface area contributed by atoms with Gasteiger partial charge in [0.25, 0.3) is 10.0 Å². The van der Waals surface area contributed by atoms with Gasteiger partial charge in [0.05, 0.1) is 11.2 Å². The van der Waals surface area contributed by atoms with Gasteiger partial charge in [-0.25, -0.2) is 13.4 Å². The van der Waals surface area contributed by atoms with Gasteiger partial charge in [-0.05, 0) is 48.5 Å². The predicted molar refractivity (Wildman–Crippen MR) is 104 cm³/mol. The summed E-state index contributed by atoms with van der Waals surface area (Å²) < 4.78 is 29.1. The Balaban J connectivity index is 1.60. The first-order valence-electron chi connectivity index (χ1n) is 8.06. The number of hydrogen-bond acceptors (Lipinski definition) is 4. The SMILES string of the molecule is O=C(CCn1ccnc1)Nc1ccc(S(=O)(=O)Nc2ccc(Cl)cc2)cc1. The maximum Gasteiger partial charge on any atom is 0.261 e. The molecule has 7 nitrogen and oxygen atoms in total. The van der Waals surface area contributed by atoms with Crippen LogP contribution in [0.5, 0.6) is 0 Å². The molecule has 0 saturated carbocycles. The van der Waals surface area contributed by atoms with E-state index in [9.17, 15) is 13.2 Å². The van der Waals surface area contributed by atoms with Crippen LogP contribution in [0.15, 0.2) is 72.1 Å². The molecule has 0 atom stereocenters. The number of nitrogens with zero attached hydrogens (tertiary/aromatic N) is 2. The van der Waals surface area contributed by atoms with Crippen molar-refractivity contribution < 1.29 is 13.2 Å². The quantitative estimate of drug-likeness (QED) is 0.631. The van der Waals surface area contributed by atoms with E-state index < -0.39 is 10.0 Å². The lowest BCUT2D eigenvalue weighted by Crippen LogP contribution is -2.15. The van der Waals surface area contributed by atoms with Crippen molar-refractivity contribution in [3.63, 3.8) is 0 Å². The van der Waals surface area contributed by atoms with Crippen molar-refractivity contribution in [2.45, 2.75) is 17.9 Å². The zero-order valence-corrected chi connectivity index (χ0v) is 15.7. The van der Waals surface area contributed by atoms with Crippen molar-refractivity contribution >= 4 is 38.9 Å². The molecule has 0 fully saturated rings. The molecule has 0 radical (unpaired) electrons. The topological polar surface area (TPSA) is 93.1 Å². The summed E-state index contributed by atoms with van der Waals surface area (Å²) in [5, 5.41) is 3.26. The fraction of sp³-hybridized carbons (Fsp3) is 0.111. The summed E-state index contributed by atoms with van der Waals surface area (Å²) in [6.45, 7) is 0.517. The fourth-order valence-corrected chi connectivity index (χ4v) is 3.51. The summed E-state index contributed by atoms with van der Waals surface area (Å²) in [6.07, 6.45) is 5.35. The molecule has 2 aromatic carbocycles. The molecule has 0 aliphatic heterocycles. The minimum atomic E-state index is -3.73. The van der Waals surface area contributed by atoms with Gasteiger partial charge in [-0.1, -0.05) is 11.6 Å². The van der Waals surface area contributed by atoms with Crippen molar-refractivity contribution in [1.82, 2.24) is 9.55 Å². The summed E-state index contributed by atoms with van der Waals surface area (Å²) in [5.74, 6) is -0.168. The summed E-state index contributed by atoms with van der Waals surface area (Å²) >= 11 is 5.79. The van der Waals surface area contributed by atoms with Gasteiger partial charge < -0.3 is 9.88 Å². The van der Waals surface area contributed by atoms with Crippen LogP contribution in [-0.4, -0.2) is 23.9 Å². The number of anilines is 2. The standard InChI is InChI=1S/C18H17ClN4O3S/c19-14-1-3-16(4-2-14)22-27(25,26)17-7-5-15(6-8-17)21-18(24)9-11-23-12-10-20-13-23/h1-8,10,12-13,22H,9,11H2,(H,21,24). The Morgan fingerprint density at radius 1 is 1.04 bits per heavy atom. The third kappa shape index (κ3) is 5.32. The minimum absolute atomic E-state index is 0.0915. The Labute approximate surface area is 162 Å². The monoisotopic (exact) mass is 404 g/mol. The van der Waals surface area contributed by atoms with Gasteiger partial charge in [-0.15, -0.1) is 0 Å². The third-order valence-electron chi connectivity index (χ3n) is 3.70. The molecule has 9 heteroatoms. The highest BCUT2D eigenvalue weighted by atomic mass is 35.5. The van der Waals surface area contributed by atoms with E-state index in [-0.39, 0.29) is 17.2 Å². The number of halogens is 1. The van der Waals surface area contributed by atoms with E-state index in [0.717, 1.165) is 0 Å². The molecular weight excluding hydrogens is 388 g/mol. The molecule has 1 amide bonds. The van der Waals surface area contributed by atoms with Crippen LogP contribution in [0.25, 0.3) is 0 Å². The third-order valence-corrected chi connectivity index (χ3v) is 5.35. The van der Waals surface area contributed by atoms with E-state index >= 15 is 0 Å². The van der Waals surface area contributed by atoms with E-state index in [0.29, 0.717) is 22.9 Å². The molecule has 0 unspecified atom stereocenters. The Hall–Kier alpha value is -2.84. The van der Waals surface area contributed by atoms with Gasteiger partial charge in [-0.3, -0.25) is 9.52 Å². The van der Waals surface area contributed by atoms with E-state index in [1.807, 2.05) is 0 Å². The van der Waals surface area contributed by atoms with Crippen LogP contribution in [-0.2, 0) is 21.4 Å². The van der Waals surface area contributed by atoms with Gasteiger partial charge in [-0.2, -0.15) is 0 Å². The Bertz CT molecular complexity index is 1000. The Kier molecular flexibility index (Phi) is 5.78. The molecule has 0 aliphatic rings. The smallest absolute Gasteiger partial charge is 0.261 e. The fourth-order valence-electron chi connectivity index (χ4n) is 2.32. The van der Waals surface area contributed by atoms with E-state index in [4.69, 9.17) is 11.6 Å². The maximum absolute atomic E-state index is 12.4. The van der Waals surface area contributed by atoms with Crippen LogP contribution in [0.4, 0.5) is 11.4 Å². The van der Waals surface area contributed by atoms with Crippen molar-refractivity contribution in [3.05, 3.63) is 72.3 Å². The first kappa shape index (κ1) is 18.9. The molecule has 0 aliphatic carbocycles. The summed E-state index contributed by atoms with van der Waals surface area (Å²) in [6, 6.07) is 12.3. The molecular formula is C18H17ClN4O3S. The number of sulfonamides is 1. The normalized spacial score (nSPS) is 11.1. The minimum Gasteiger partial charge on any atom is -0.337 e. The molecule has 0 spiro atoms. The number of benzene rings is 2. The number of nitrogens with one attached hydrogen (secondary N) is 2. The predicted octanol–water partition coefficient (Wildman–Crippen LogP) is 3.37. The van der Waals surface area contributed by atoms with Crippen LogP contribution in [0, 0.1) is 0 Å². The Morgan fingerprint density at radius 3 is 2.33 bits per heavy atom. The number of aromatic nitrogens is 2. The largest absolute Gasteiger partial charge is 0.337 e. The second-order valence-corrected chi connectivity index (χ2v) is 7.85. The van der Waals surface area contributed by atoms with Gasteiger partial charge in [0, 0.05) is 41.8 Å². The second kappa shape index (κ2) is 8.24. The summed E-state index contributed by atoms with van der Waals surface area (Å²) in [7, 11) is -3.73. The lowest BCUT2D eigenvalue weighted by molar-refractivity contribution is -0.116. The van der Waals surface area contributed by atoms with Crippen molar-refractivity contribution in [2.75, 3.05) is 10.0 Å². The van der Waals surface area contributed by atoms with Crippen LogP contribution in [0.1, 0.15) is 6.42 Å². The number of imidazole rings is 1. The second-order valence-electron chi connectivity index (χ2n) is 5.74.